The standard InChI is InChI=1S/C7H17N3O2/c1-9-5(4-8)3-6(10-2)7(11)12/h5-6,9-10H,3-4,8H2,1-2H3,(H,11,12)/t5?,6-/m0/s1. The number of rotatable bonds is 6. The van der Waals surface area contributed by atoms with Crippen LogP contribution in [0.15, 0.2) is 0 Å². The number of likely N-dealkylation sites (N-methyl/N-ethyl adjacent to an activating group) is 2. The van der Waals surface area contributed by atoms with Gasteiger partial charge in [0.1, 0.15) is 6.04 Å². The van der Waals surface area contributed by atoms with E-state index in [1.165, 1.54) is 0 Å². The lowest BCUT2D eigenvalue weighted by Crippen LogP contribution is -2.43. The quantitative estimate of drug-likeness (QED) is 0.398. The summed E-state index contributed by atoms with van der Waals surface area (Å²) in [5.41, 5.74) is 5.40. The van der Waals surface area contributed by atoms with Crippen LogP contribution in [0.3, 0.4) is 0 Å². The molecule has 0 aliphatic carbocycles. The van der Waals surface area contributed by atoms with Gasteiger partial charge in [-0.05, 0) is 20.5 Å². The third-order valence-electron chi connectivity index (χ3n) is 1.86. The minimum absolute atomic E-state index is 0.0542. The summed E-state index contributed by atoms with van der Waals surface area (Å²) in [5, 5.41) is 14.3. The molecule has 0 amide bonds. The van der Waals surface area contributed by atoms with E-state index in [-0.39, 0.29) is 6.04 Å². The number of carboxylic acids is 1. The zero-order chi connectivity index (χ0) is 9.56. The molecular formula is C7H17N3O2. The number of carboxylic acid groups (broad SMARTS) is 1. The lowest BCUT2D eigenvalue weighted by atomic mass is 10.1. The second-order valence-electron chi connectivity index (χ2n) is 2.64. The molecule has 72 valence electrons. The van der Waals surface area contributed by atoms with Gasteiger partial charge >= 0.3 is 5.97 Å². The molecule has 0 saturated carbocycles. The molecule has 0 rings (SSSR count). The van der Waals surface area contributed by atoms with Gasteiger partial charge in [0.15, 0.2) is 0 Å². The molecule has 0 bridgehead atoms. The largest absolute Gasteiger partial charge is 0.480 e. The van der Waals surface area contributed by atoms with Crippen molar-refractivity contribution in [2.75, 3.05) is 20.6 Å². The Bertz CT molecular complexity index is 137. The first-order valence-corrected chi connectivity index (χ1v) is 3.93. The van der Waals surface area contributed by atoms with E-state index in [0.29, 0.717) is 13.0 Å². The van der Waals surface area contributed by atoms with Crippen molar-refractivity contribution in [1.29, 1.82) is 0 Å². The van der Waals surface area contributed by atoms with Gasteiger partial charge in [0.05, 0.1) is 0 Å². The summed E-state index contributed by atoms with van der Waals surface area (Å²) >= 11 is 0. The van der Waals surface area contributed by atoms with Gasteiger partial charge in [-0.1, -0.05) is 0 Å². The first-order chi connectivity index (χ1) is 5.65. The fourth-order valence-corrected chi connectivity index (χ4v) is 0.959. The summed E-state index contributed by atoms with van der Waals surface area (Å²) in [5.74, 6) is -0.841. The molecular weight excluding hydrogens is 158 g/mol. The van der Waals surface area contributed by atoms with Gasteiger partial charge in [-0.3, -0.25) is 4.79 Å². The maximum Gasteiger partial charge on any atom is 0.320 e. The molecule has 0 aromatic carbocycles. The smallest absolute Gasteiger partial charge is 0.320 e. The summed E-state index contributed by atoms with van der Waals surface area (Å²) in [6.45, 7) is 0.446. The number of hydrogen-bond acceptors (Lipinski definition) is 4. The van der Waals surface area contributed by atoms with Crippen molar-refractivity contribution in [3.8, 4) is 0 Å². The van der Waals surface area contributed by atoms with E-state index in [1.807, 2.05) is 0 Å². The predicted molar refractivity (Wildman–Crippen MR) is 47.0 cm³/mol. The minimum Gasteiger partial charge on any atom is -0.480 e. The van der Waals surface area contributed by atoms with Crippen LogP contribution in [0.5, 0.6) is 0 Å². The topological polar surface area (TPSA) is 87.4 Å². The lowest BCUT2D eigenvalue weighted by molar-refractivity contribution is -0.139. The first kappa shape index (κ1) is 11.4. The molecule has 0 heterocycles. The first-order valence-electron chi connectivity index (χ1n) is 3.93. The molecule has 5 nitrogen and oxygen atoms in total. The Kier molecular flexibility index (Phi) is 5.61. The van der Waals surface area contributed by atoms with Crippen molar-refractivity contribution >= 4 is 5.97 Å². The summed E-state index contributed by atoms with van der Waals surface area (Å²) < 4.78 is 0. The maximum atomic E-state index is 10.6. The molecule has 0 aromatic heterocycles. The fourth-order valence-electron chi connectivity index (χ4n) is 0.959. The van der Waals surface area contributed by atoms with Crippen LogP contribution in [-0.2, 0) is 4.79 Å². The van der Waals surface area contributed by atoms with Crippen molar-refractivity contribution < 1.29 is 9.90 Å². The maximum absolute atomic E-state index is 10.6. The van der Waals surface area contributed by atoms with Gasteiger partial charge in [-0.15, -0.1) is 0 Å². The molecule has 0 saturated heterocycles. The van der Waals surface area contributed by atoms with Crippen LogP contribution in [0, 0.1) is 0 Å². The predicted octanol–water partition coefficient (Wildman–Crippen LogP) is -1.40. The number of nitrogens with one attached hydrogen (secondary N) is 2. The van der Waals surface area contributed by atoms with Crippen molar-refractivity contribution in [1.82, 2.24) is 10.6 Å². The van der Waals surface area contributed by atoms with Crippen molar-refractivity contribution in [3.05, 3.63) is 0 Å². The van der Waals surface area contributed by atoms with Gasteiger partial charge in [-0.25, -0.2) is 0 Å². The second kappa shape index (κ2) is 5.93. The Morgan fingerprint density at radius 2 is 2.08 bits per heavy atom. The summed E-state index contributed by atoms with van der Waals surface area (Å²) in [7, 11) is 3.40. The lowest BCUT2D eigenvalue weighted by Gasteiger charge is -2.18. The normalized spacial score (nSPS) is 15.6. The van der Waals surface area contributed by atoms with E-state index < -0.39 is 12.0 Å². The molecule has 0 aromatic rings. The van der Waals surface area contributed by atoms with Crippen molar-refractivity contribution in [2.45, 2.75) is 18.5 Å². The molecule has 0 spiro atoms. The summed E-state index contributed by atoms with van der Waals surface area (Å²) in [6.07, 6.45) is 0.499. The number of aliphatic carboxylic acids is 1. The van der Waals surface area contributed by atoms with Crippen LogP contribution in [0.1, 0.15) is 6.42 Å². The highest BCUT2D eigenvalue weighted by molar-refractivity contribution is 5.73. The van der Waals surface area contributed by atoms with Gasteiger partial charge in [0, 0.05) is 12.6 Å². The molecule has 5 N–H and O–H groups in total. The van der Waals surface area contributed by atoms with Crippen LogP contribution in [0.25, 0.3) is 0 Å². The molecule has 5 heteroatoms. The zero-order valence-electron chi connectivity index (χ0n) is 7.50. The molecule has 0 aliphatic rings. The van der Waals surface area contributed by atoms with Gasteiger partial charge in [0.25, 0.3) is 0 Å². The number of nitrogens with two attached hydrogens (primary N) is 1. The highest BCUT2D eigenvalue weighted by Crippen LogP contribution is 1.96. The van der Waals surface area contributed by atoms with Crippen LogP contribution >= 0.6 is 0 Å². The summed E-state index contributed by atoms with van der Waals surface area (Å²) in [6, 6.07) is -0.468. The third-order valence-corrected chi connectivity index (χ3v) is 1.86. The highest BCUT2D eigenvalue weighted by Gasteiger charge is 2.18. The molecule has 2 atom stereocenters. The second-order valence-corrected chi connectivity index (χ2v) is 2.64. The van der Waals surface area contributed by atoms with Crippen molar-refractivity contribution in [2.24, 2.45) is 5.73 Å². The van der Waals surface area contributed by atoms with Gasteiger partial charge < -0.3 is 21.5 Å². The Balaban J connectivity index is 3.91. The third kappa shape index (κ3) is 3.66. The molecule has 0 fully saturated rings. The highest BCUT2D eigenvalue weighted by atomic mass is 16.4. The minimum atomic E-state index is -0.841. The Morgan fingerprint density at radius 1 is 1.50 bits per heavy atom. The van der Waals surface area contributed by atoms with E-state index >= 15 is 0 Å². The molecule has 1 unspecified atom stereocenters. The Hall–Kier alpha value is -0.650. The number of hydrogen-bond donors (Lipinski definition) is 4. The zero-order valence-corrected chi connectivity index (χ0v) is 7.50. The Labute approximate surface area is 72.3 Å². The van der Waals surface area contributed by atoms with E-state index in [4.69, 9.17) is 10.8 Å². The van der Waals surface area contributed by atoms with Crippen LogP contribution in [-0.4, -0.2) is 43.8 Å². The van der Waals surface area contributed by atoms with Crippen LogP contribution in [0.2, 0.25) is 0 Å². The molecule has 12 heavy (non-hydrogen) atoms. The van der Waals surface area contributed by atoms with E-state index in [1.54, 1.807) is 14.1 Å². The van der Waals surface area contributed by atoms with E-state index in [0.717, 1.165) is 0 Å². The average Bonchev–Trinajstić information content (AvgIpc) is 2.06. The molecule has 0 radical (unpaired) electrons. The van der Waals surface area contributed by atoms with E-state index in [9.17, 15) is 4.79 Å². The van der Waals surface area contributed by atoms with Crippen LogP contribution < -0.4 is 16.4 Å². The van der Waals surface area contributed by atoms with Crippen LogP contribution in [0.4, 0.5) is 0 Å². The monoisotopic (exact) mass is 175 g/mol. The Morgan fingerprint density at radius 3 is 2.33 bits per heavy atom. The van der Waals surface area contributed by atoms with Crippen molar-refractivity contribution in [3.63, 3.8) is 0 Å². The fraction of sp³-hybridized carbons (Fsp3) is 0.857. The SMILES string of the molecule is CNC(CN)C[C@H](NC)C(=O)O. The number of carbonyl (C=O) groups is 1. The average molecular weight is 175 g/mol. The van der Waals surface area contributed by atoms with Gasteiger partial charge in [-0.2, -0.15) is 0 Å². The molecule has 0 aliphatic heterocycles. The summed E-state index contributed by atoms with van der Waals surface area (Å²) in [4.78, 5) is 10.6. The van der Waals surface area contributed by atoms with E-state index in [2.05, 4.69) is 10.6 Å². The van der Waals surface area contributed by atoms with Gasteiger partial charge in [0.2, 0.25) is 0 Å².